The molecule has 0 amide bonds. The Morgan fingerprint density at radius 2 is 2.19 bits per heavy atom. The van der Waals surface area contributed by atoms with Gasteiger partial charge in [0.05, 0.1) is 22.9 Å². The molecule has 3 rings (SSSR count). The van der Waals surface area contributed by atoms with Gasteiger partial charge in [0, 0.05) is 23.5 Å². The molecule has 0 saturated carbocycles. The van der Waals surface area contributed by atoms with Crippen LogP contribution in [0.5, 0.6) is 5.75 Å². The molecule has 0 aliphatic rings. The molecule has 2 heterocycles. The first-order valence-corrected chi connectivity index (χ1v) is 8.33. The molecule has 0 fully saturated rings. The molecule has 3 aromatic rings. The minimum Gasteiger partial charge on any atom is -0.489 e. The van der Waals surface area contributed by atoms with Crippen molar-refractivity contribution in [3.63, 3.8) is 0 Å². The Morgan fingerprint density at radius 3 is 2.89 bits per heavy atom. The van der Waals surface area contributed by atoms with Gasteiger partial charge in [-0.15, -0.1) is 0 Å². The normalized spacial score (nSPS) is 10.5. The molecule has 0 radical (unpaired) electrons. The molecular weight excluding hydrogens is 344 g/mol. The number of anilines is 3. The Balaban J connectivity index is 2.06. The van der Waals surface area contributed by atoms with Crippen LogP contribution in [0, 0.1) is 17.3 Å². The number of nitrogens with one attached hydrogen (secondary N) is 3. The molecule has 8 heteroatoms. The largest absolute Gasteiger partial charge is 0.489 e. The van der Waals surface area contributed by atoms with Crippen molar-refractivity contribution >= 4 is 34.4 Å². The second kappa shape index (κ2) is 7.76. The first-order chi connectivity index (χ1) is 13.0. The van der Waals surface area contributed by atoms with E-state index >= 15 is 0 Å². The number of hydrogen-bond acceptors (Lipinski definition) is 7. The SMILES string of the molecule is CC(C)Oc1cc(N)c(C=N)cc1Nc1ncnc2[nH]c(C#CCO)cc12. The van der Waals surface area contributed by atoms with E-state index in [9.17, 15) is 0 Å². The summed E-state index contributed by atoms with van der Waals surface area (Å²) >= 11 is 0. The molecule has 0 saturated heterocycles. The molecule has 0 aliphatic carbocycles. The Bertz CT molecular complexity index is 1050. The predicted octanol–water partition coefficient (Wildman–Crippen LogP) is 2.41. The zero-order valence-electron chi connectivity index (χ0n) is 15.0. The summed E-state index contributed by atoms with van der Waals surface area (Å²) in [7, 11) is 0. The molecule has 2 aromatic heterocycles. The highest BCUT2D eigenvalue weighted by molar-refractivity contribution is 5.93. The van der Waals surface area contributed by atoms with Crippen LogP contribution in [0.2, 0.25) is 0 Å². The molecule has 0 spiro atoms. The number of nitrogens with two attached hydrogens (primary N) is 1. The van der Waals surface area contributed by atoms with Gasteiger partial charge in [0.2, 0.25) is 0 Å². The molecule has 0 atom stereocenters. The monoisotopic (exact) mass is 364 g/mol. The third kappa shape index (κ3) is 3.99. The van der Waals surface area contributed by atoms with Crippen molar-refractivity contribution in [2.45, 2.75) is 20.0 Å². The zero-order chi connectivity index (χ0) is 19.4. The Morgan fingerprint density at radius 1 is 1.37 bits per heavy atom. The highest BCUT2D eigenvalue weighted by atomic mass is 16.5. The lowest BCUT2D eigenvalue weighted by Crippen LogP contribution is -2.09. The van der Waals surface area contributed by atoms with E-state index < -0.39 is 0 Å². The van der Waals surface area contributed by atoms with Gasteiger partial charge in [-0.3, -0.25) is 0 Å². The summed E-state index contributed by atoms with van der Waals surface area (Å²) in [5, 5.41) is 20.4. The van der Waals surface area contributed by atoms with Crippen LogP contribution in [-0.2, 0) is 0 Å². The standard InChI is InChI=1S/C19H20N6O2/c1-11(2)27-17-8-15(21)12(9-20)6-16(17)25-19-14-7-13(4-3-5-26)24-18(14)22-10-23-19/h6-11,20,26H,5,21H2,1-2H3,(H2,22,23,24,25). The average Bonchev–Trinajstić information content (AvgIpc) is 3.05. The van der Waals surface area contributed by atoms with Crippen LogP contribution in [0.15, 0.2) is 24.5 Å². The van der Waals surface area contributed by atoms with Crippen LogP contribution in [0.4, 0.5) is 17.2 Å². The average molecular weight is 364 g/mol. The maximum absolute atomic E-state index is 8.86. The highest BCUT2D eigenvalue weighted by Crippen LogP contribution is 2.34. The maximum atomic E-state index is 8.86. The summed E-state index contributed by atoms with van der Waals surface area (Å²) in [6, 6.07) is 5.24. The number of aromatic amines is 1. The van der Waals surface area contributed by atoms with Crippen molar-refractivity contribution in [3.8, 4) is 17.6 Å². The van der Waals surface area contributed by atoms with E-state index in [2.05, 4.69) is 32.1 Å². The fourth-order valence-corrected chi connectivity index (χ4v) is 2.56. The Labute approximate surface area is 156 Å². The Hall–Kier alpha value is -3.57. The van der Waals surface area contributed by atoms with E-state index in [1.807, 2.05) is 13.8 Å². The van der Waals surface area contributed by atoms with Crippen LogP contribution < -0.4 is 15.8 Å². The van der Waals surface area contributed by atoms with Crippen molar-refractivity contribution in [1.29, 1.82) is 5.41 Å². The van der Waals surface area contributed by atoms with Crippen LogP contribution in [0.25, 0.3) is 11.0 Å². The topological polar surface area (TPSA) is 133 Å². The lowest BCUT2D eigenvalue weighted by molar-refractivity contribution is 0.244. The number of fused-ring (bicyclic) bond motifs is 1. The second-order valence-electron chi connectivity index (χ2n) is 6.04. The minimum atomic E-state index is -0.222. The van der Waals surface area contributed by atoms with Gasteiger partial charge in [-0.05, 0) is 31.9 Å². The number of nitrogen functional groups attached to an aromatic ring is 1. The number of H-pyrrole nitrogens is 1. The maximum Gasteiger partial charge on any atom is 0.145 e. The van der Waals surface area contributed by atoms with E-state index in [1.54, 1.807) is 18.2 Å². The van der Waals surface area contributed by atoms with Crippen molar-refractivity contribution in [2.24, 2.45) is 0 Å². The van der Waals surface area contributed by atoms with Crippen LogP contribution in [0.1, 0.15) is 25.1 Å². The predicted molar refractivity (Wildman–Crippen MR) is 106 cm³/mol. The van der Waals surface area contributed by atoms with Crippen molar-refractivity contribution in [3.05, 3.63) is 35.8 Å². The number of ether oxygens (including phenoxy) is 1. The number of aliphatic hydroxyl groups excluding tert-OH is 1. The molecular formula is C19H20N6O2. The smallest absolute Gasteiger partial charge is 0.145 e. The van der Waals surface area contributed by atoms with Gasteiger partial charge in [0.15, 0.2) is 0 Å². The van der Waals surface area contributed by atoms with Gasteiger partial charge < -0.3 is 31.3 Å². The molecule has 0 bridgehead atoms. The number of aromatic nitrogens is 3. The van der Waals surface area contributed by atoms with E-state index in [-0.39, 0.29) is 12.7 Å². The van der Waals surface area contributed by atoms with Gasteiger partial charge >= 0.3 is 0 Å². The summed E-state index contributed by atoms with van der Waals surface area (Å²) in [4.78, 5) is 11.6. The third-order valence-corrected chi connectivity index (χ3v) is 3.68. The van der Waals surface area contributed by atoms with Crippen LogP contribution in [0.3, 0.4) is 0 Å². The number of nitrogens with zero attached hydrogens (tertiary/aromatic N) is 2. The van der Waals surface area contributed by atoms with Crippen LogP contribution in [-0.4, -0.2) is 39.0 Å². The molecule has 27 heavy (non-hydrogen) atoms. The quantitative estimate of drug-likeness (QED) is 0.268. The molecule has 1 aromatic carbocycles. The molecule has 0 unspecified atom stereocenters. The number of benzene rings is 1. The highest BCUT2D eigenvalue weighted by Gasteiger charge is 2.13. The van der Waals surface area contributed by atoms with Gasteiger partial charge in [0.1, 0.15) is 30.1 Å². The summed E-state index contributed by atoms with van der Waals surface area (Å²) in [5.74, 6) is 6.53. The zero-order valence-corrected chi connectivity index (χ0v) is 15.0. The van der Waals surface area contributed by atoms with Gasteiger partial charge in [-0.1, -0.05) is 5.92 Å². The lowest BCUT2D eigenvalue weighted by Gasteiger charge is -2.17. The summed E-state index contributed by atoms with van der Waals surface area (Å²) in [6.45, 7) is 3.62. The first kappa shape index (κ1) is 18.2. The van der Waals surface area contributed by atoms with E-state index in [0.29, 0.717) is 39.8 Å². The van der Waals surface area contributed by atoms with Gasteiger partial charge in [-0.25, -0.2) is 9.97 Å². The molecule has 6 N–H and O–H groups in total. The van der Waals surface area contributed by atoms with Gasteiger partial charge in [0.25, 0.3) is 0 Å². The van der Waals surface area contributed by atoms with E-state index in [0.717, 1.165) is 5.39 Å². The van der Waals surface area contributed by atoms with Crippen molar-refractivity contribution in [2.75, 3.05) is 17.7 Å². The lowest BCUT2D eigenvalue weighted by atomic mass is 10.1. The summed E-state index contributed by atoms with van der Waals surface area (Å²) in [6.07, 6.45) is 2.57. The summed E-state index contributed by atoms with van der Waals surface area (Å²) < 4.78 is 5.85. The van der Waals surface area contributed by atoms with Crippen molar-refractivity contribution < 1.29 is 9.84 Å². The number of rotatable bonds is 5. The fraction of sp³-hybridized carbons (Fsp3) is 0.211. The minimum absolute atomic E-state index is 0.0474. The second-order valence-corrected chi connectivity index (χ2v) is 6.04. The molecule has 8 nitrogen and oxygen atoms in total. The number of aliphatic hydroxyl groups is 1. The summed E-state index contributed by atoms with van der Waals surface area (Å²) in [5.41, 5.74) is 8.90. The van der Waals surface area contributed by atoms with E-state index in [1.165, 1.54) is 12.5 Å². The number of hydrogen-bond donors (Lipinski definition) is 5. The fourth-order valence-electron chi connectivity index (χ4n) is 2.56. The third-order valence-electron chi connectivity index (χ3n) is 3.68. The molecule has 0 aliphatic heterocycles. The molecule has 138 valence electrons. The first-order valence-electron chi connectivity index (χ1n) is 8.33. The van der Waals surface area contributed by atoms with E-state index in [4.69, 9.17) is 21.0 Å². The van der Waals surface area contributed by atoms with Gasteiger partial charge in [-0.2, -0.15) is 0 Å². The van der Waals surface area contributed by atoms with Crippen LogP contribution >= 0.6 is 0 Å². The Kier molecular flexibility index (Phi) is 5.24. The van der Waals surface area contributed by atoms with Crippen molar-refractivity contribution in [1.82, 2.24) is 15.0 Å².